The van der Waals surface area contributed by atoms with E-state index in [0.29, 0.717) is 0 Å². The molecule has 0 aliphatic rings. The van der Waals surface area contributed by atoms with E-state index in [9.17, 15) is 0 Å². The Morgan fingerprint density at radius 2 is 1.40 bits per heavy atom. The second kappa shape index (κ2) is 6.82. The van der Waals surface area contributed by atoms with Gasteiger partial charge in [0.2, 0.25) is 5.69 Å². The standard InChI is InChI=1S/C33H29N2/c1-20-13-16-27-26-11-8-10-25-24-9-6-7-12-28(24)35(31(25)26)32(27)30(20)29-18-21-14-15-23(33(2,3)4)17-22(21)19-34(29)5/h6-19H,1-5H3/q+1. The van der Waals surface area contributed by atoms with Crippen molar-refractivity contribution in [2.45, 2.75) is 33.1 Å². The first kappa shape index (κ1) is 20.5. The second-order valence-electron chi connectivity index (χ2n) is 11.1. The van der Waals surface area contributed by atoms with E-state index < -0.39 is 0 Å². The maximum atomic E-state index is 2.50. The maximum absolute atomic E-state index is 2.50. The van der Waals surface area contributed by atoms with Crippen LogP contribution < -0.4 is 4.57 Å². The van der Waals surface area contributed by atoms with Crippen LogP contribution in [0.3, 0.4) is 0 Å². The van der Waals surface area contributed by atoms with Crippen LogP contribution in [0.2, 0.25) is 0 Å². The molecule has 0 atom stereocenters. The molecule has 0 saturated carbocycles. The number of rotatable bonds is 1. The van der Waals surface area contributed by atoms with Crippen LogP contribution in [-0.2, 0) is 12.5 Å². The van der Waals surface area contributed by atoms with Crippen molar-refractivity contribution in [1.82, 2.24) is 4.40 Å². The van der Waals surface area contributed by atoms with Crippen LogP contribution in [0, 0.1) is 6.92 Å². The third-order valence-corrected chi connectivity index (χ3v) is 7.81. The van der Waals surface area contributed by atoms with Crippen molar-refractivity contribution < 1.29 is 4.57 Å². The quantitative estimate of drug-likeness (QED) is 0.222. The summed E-state index contributed by atoms with van der Waals surface area (Å²) >= 11 is 0. The predicted molar refractivity (Wildman–Crippen MR) is 149 cm³/mol. The molecular weight excluding hydrogens is 424 g/mol. The SMILES string of the molecule is Cc1ccc2c3cccc4c5ccccc5n(c2c1-c1cc2ccc(C(C)(C)C)cc2c[n+]1C)c43. The lowest BCUT2D eigenvalue weighted by Crippen LogP contribution is -2.31. The Hall–Kier alpha value is -3.91. The lowest BCUT2D eigenvalue weighted by molar-refractivity contribution is -0.659. The summed E-state index contributed by atoms with van der Waals surface area (Å²) < 4.78 is 4.81. The zero-order valence-corrected chi connectivity index (χ0v) is 21.0. The second-order valence-corrected chi connectivity index (χ2v) is 11.1. The lowest BCUT2D eigenvalue weighted by Gasteiger charge is -2.19. The smallest absolute Gasteiger partial charge is 0.215 e. The molecular formula is C33H29N2+. The molecule has 7 aromatic rings. The van der Waals surface area contributed by atoms with Gasteiger partial charge in [-0.3, -0.25) is 0 Å². The van der Waals surface area contributed by atoms with Crippen molar-refractivity contribution in [2.75, 3.05) is 0 Å². The highest BCUT2D eigenvalue weighted by molar-refractivity contribution is 6.25. The number of nitrogens with zero attached hydrogens (tertiary/aromatic N) is 2. The Morgan fingerprint density at radius 1 is 0.686 bits per heavy atom. The van der Waals surface area contributed by atoms with E-state index in [2.05, 4.69) is 129 Å². The van der Waals surface area contributed by atoms with Crippen molar-refractivity contribution in [1.29, 1.82) is 0 Å². The van der Waals surface area contributed by atoms with Gasteiger partial charge in [-0.1, -0.05) is 81.4 Å². The topological polar surface area (TPSA) is 8.29 Å². The molecule has 35 heavy (non-hydrogen) atoms. The molecule has 4 aromatic carbocycles. The van der Waals surface area contributed by atoms with Crippen LogP contribution in [0.4, 0.5) is 0 Å². The minimum Gasteiger partial charge on any atom is -0.307 e. The molecule has 7 rings (SSSR count). The van der Waals surface area contributed by atoms with Crippen LogP contribution in [0.5, 0.6) is 0 Å². The zero-order valence-electron chi connectivity index (χ0n) is 21.0. The molecule has 3 aromatic heterocycles. The van der Waals surface area contributed by atoms with Crippen LogP contribution >= 0.6 is 0 Å². The molecule has 0 spiro atoms. The first-order chi connectivity index (χ1) is 16.8. The van der Waals surface area contributed by atoms with Gasteiger partial charge in [0, 0.05) is 33.0 Å². The monoisotopic (exact) mass is 453 g/mol. The van der Waals surface area contributed by atoms with Gasteiger partial charge < -0.3 is 4.40 Å². The van der Waals surface area contributed by atoms with Crippen LogP contribution in [0.1, 0.15) is 31.9 Å². The molecule has 0 saturated heterocycles. The maximum Gasteiger partial charge on any atom is 0.215 e. The highest BCUT2D eigenvalue weighted by atomic mass is 14.9. The van der Waals surface area contributed by atoms with E-state index in [1.165, 1.54) is 71.3 Å². The lowest BCUT2D eigenvalue weighted by atomic mass is 9.86. The van der Waals surface area contributed by atoms with Crippen LogP contribution in [0.25, 0.3) is 60.1 Å². The largest absolute Gasteiger partial charge is 0.307 e. The zero-order chi connectivity index (χ0) is 24.1. The Balaban J connectivity index is 1.63. The van der Waals surface area contributed by atoms with Gasteiger partial charge in [0.15, 0.2) is 6.20 Å². The minimum atomic E-state index is 0.134. The number of hydrogen-bond acceptors (Lipinski definition) is 0. The van der Waals surface area contributed by atoms with Gasteiger partial charge in [0.1, 0.15) is 7.05 Å². The van der Waals surface area contributed by atoms with Gasteiger partial charge in [-0.2, -0.15) is 0 Å². The van der Waals surface area contributed by atoms with Crippen molar-refractivity contribution in [3.63, 3.8) is 0 Å². The summed E-state index contributed by atoms with van der Waals surface area (Å²) in [7, 11) is 2.18. The third kappa shape index (κ3) is 2.74. The predicted octanol–water partition coefficient (Wildman–Crippen LogP) is 8.09. The van der Waals surface area contributed by atoms with Gasteiger partial charge in [-0.25, -0.2) is 4.57 Å². The molecule has 0 unspecified atom stereocenters. The van der Waals surface area contributed by atoms with Crippen LogP contribution in [-0.4, -0.2) is 4.40 Å². The fourth-order valence-corrected chi connectivity index (χ4v) is 5.99. The number of para-hydroxylation sites is 2. The van der Waals surface area contributed by atoms with Crippen LogP contribution in [0.15, 0.2) is 85.1 Å². The number of benzene rings is 4. The third-order valence-electron chi connectivity index (χ3n) is 7.81. The average Bonchev–Trinajstić information content (AvgIpc) is 3.35. The van der Waals surface area contributed by atoms with Gasteiger partial charge in [-0.15, -0.1) is 0 Å². The fraction of sp³-hybridized carbons (Fsp3) is 0.182. The van der Waals surface area contributed by atoms with E-state index in [-0.39, 0.29) is 5.41 Å². The van der Waals surface area contributed by atoms with Gasteiger partial charge >= 0.3 is 0 Å². The molecule has 3 heterocycles. The molecule has 2 nitrogen and oxygen atoms in total. The Bertz CT molecular complexity index is 1950. The molecule has 0 bridgehead atoms. The summed E-state index contributed by atoms with van der Waals surface area (Å²) in [5.41, 5.74) is 9.26. The van der Waals surface area contributed by atoms with Crippen molar-refractivity contribution in [3.05, 3.63) is 96.2 Å². The molecule has 2 heteroatoms. The summed E-state index contributed by atoms with van der Waals surface area (Å²) in [6, 6.07) is 29.4. The first-order valence-corrected chi connectivity index (χ1v) is 12.4. The molecule has 0 fully saturated rings. The Morgan fingerprint density at radius 3 is 2.20 bits per heavy atom. The number of fused-ring (bicyclic) bond motifs is 7. The molecule has 0 amide bonds. The summed E-state index contributed by atoms with van der Waals surface area (Å²) in [6.07, 6.45) is 2.30. The normalized spacial score (nSPS) is 12.7. The van der Waals surface area contributed by atoms with Crippen molar-refractivity contribution in [2.24, 2.45) is 7.05 Å². The summed E-state index contributed by atoms with van der Waals surface area (Å²) in [5, 5.41) is 7.86. The van der Waals surface area contributed by atoms with E-state index >= 15 is 0 Å². The Labute approximate surface area is 205 Å². The fourth-order valence-electron chi connectivity index (χ4n) is 5.99. The number of hydrogen-bond donors (Lipinski definition) is 0. The van der Waals surface area contributed by atoms with Gasteiger partial charge in [0.25, 0.3) is 0 Å². The molecule has 0 aliphatic heterocycles. The average molecular weight is 454 g/mol. The van der Waals surface area contributed by atoms with Crippen molar-refractivity contribution in [3.8, 4) is 11.3 Å². The molecule has 0 N–H and O–H groups in total. The van der Waals surface area contributed by atoms with E-state index in [0.717, 1.165) is 0 Å². The van der Waals surface area contributed by atoms with Crippen molar-refractivity contribution >= 4 is 48.9 Å². The highest BCUT2D eigenvalue weighted by Crippen LogP contribution is 2.43. The summed E-state index contributed by atoms with van der Waals surface area (Å²) in [5.74, 6) is 0. The summed E-state index contributed by atoms with van der Waals surface area (Å²) in [6.45, 7) is 9.07. The van der Waals surface area contributed by atoms with E-state index in [4.69, 9.17) is 0 Å². The molecule has 0 aliphatic carbocycles. The number of aryl methyl sites for hydroxylation is 2. The van der Waals surface area contributed by atoms with Gasteiger partial charge in [0.05, 0.1) is 22.1 Å². The molecule has 170 valence electrons. The summed E-state index contributed by atoms with van der Waals surface area (Å²) in [4.78, 5) is 0. The number of aromatic nitrogens is 2. The first-order valence-electron chi connectivity index (χ1n) is 12.4. The highest BCUT2D eigenvalue weighted by Gasteiger charge is 2.24. The molecule has 0 radical (unpaired) electrons. The minimum absolute atomic E-state index is 0.134. The van der Waals surface area contributed by atoms with E-state index in [1.54, 1.807) is 0 Å². The number of pyridine rings is 1. The Kier molecular flexibility index (Phi) is 3.99. The van der Waals surface area contributed by atoms with E-state index in [1.807, 2.05) is 0 Å². The van der Waals surface area contributed by atoms with Gasteiger partial charge in [-0.05, 0) is 41.0 Å².